The van der Waals surface area contributed by atoms with Crippen molar-refractivity contribution in [2.75, 3.05) is 24.5 Å². The van der Waals surface area contributed by atoms with Gasteiger partial charge < -0.3 is 15.3 Å². The molecule has 7 heteroatoms. The van der Waals surface area contributed by atoms with Gasteiger partial charge in [-0.2, -0.15) is 0 Å². The van der Waals surface area contributed by atoms with Crippen molar-refractivity contribution in [1.82, 2.24) is 15.5 Å². The molecular weight excluding hydrogens is 260 g/mol. The molecule has 0 bridgehead atoms. The van der Waals surface area contributed by atoms with Crippen LogP contribution in [0.25, 0.3) is 0 Å². The Morgan fingerprint density at radius 2 is 2.00 bits per heavy atom. The molecule has 1 aliphatic rings. The van der Waals surface area contributed by atoms with Crippen molar-refractivity contribution in [3.63, 3.8) is 0 Å². The molecule has 0 atom stereocenters. The first-order chi connectivity index (χ1) is 9.66. The number of hydrogen-bond acceptors (Lipinski definition) is 5. The van der Waals surface area contributed by atoms with Crippen molar-refractivity contribution in [3.8, 4) is 0 Å². The fraction of sp³-hybridized carbons (Fsp3) is 0.538. The molecule has 108 valence electrons. The van der Waals surface area contributed by atoms with Crippen LogP contribution in [0.3, 0.4) is 0 Å². The molecule has 1 fully saturated rings. The number of nitrogens with zero attached hydrogens (tertiary/aromatic N) is 3. The van der Waals surface area contributed by atoms with Crippen LogP contribution >= 0.6 is 0 Å². The Labute approximate surface area is 117 Å². The van der Waals surface area contributed by atoms with Gasteiger partial charge in [-0.05, 0) is 31.4 Å². The Hall–Kier alpha value is -2.18. The normalized spacial score (nSPS) is 14.3. The third-order valence-corrected chi connectivity index (χ3v) is 3.17. The van der Waals surface area contributed by atoms with E-state index < -0.39 is 5.97 Å². The van der Waals surface area contributed by atoms with Crippen LogP contribution in [0.4, 0.5) is 5.82 Å². The lowest BCUT2D eigenvalue weighted by Crippen LogP contribution is -2.26. The summed E-state index contributed by atoms with van der Waals surface area (Å²) in [6, 6.07) is 3.44. The predicted molar refractivity (Wildman–Crippen MR) is 72.7 cm³/mol. The van der Waals surface area contributed by atoms with Crippen LogP contribution in [-0.4, -0.2) is 46.8 Å². The highest BCUT2D eigenvalue weighted by molar-refractivity contribution is 5.92. The first kappa shape index (κ1) is 14.2. The molecule has 0 saturated carbocycles. The lowest BCUT2D eigenvalue weighted by molar-refractivity contribution is -0.137. The summed E-state index contributed by atoms with van der Waals surface area (Å²) >= 11 is 0. The predicted octanol–water partition coefficient (Wildman–Crippen LogP) is 0.671. The Morgan fingerprint density at radius 1 is 1.25 bits per heavy atom. The summed E-state index contributed by atoms with van der Waals surface area (Å²) < 4.78 is 0. The van der Waals surface area contributed by atoms with Crippen molar-refractivity contribution in [1.29, 1.82) is 0 Å². The summed E-state index contributed by atoms with van der Waals surface area (Å²) in [4.78, 5) is 24.2. The number of carboxylic acids is 1. The maximum atomic E-state index is 11.7. The van der Waals surface area contributed by atoms with Gasteiger partial charge in [-0.3, -0.25) is 9.59 Å². The highest BCUT2D eigenvalue weighted by Gasteiger charge is 2.15. The highest BCUT2D eigenvalue weighted by Crippen LogP contribution is 2.16. The van der Waals surface area contributed by atoms with Gasteiger partial charge in [0.2, 0.25) is 0 Å². The van der Waals surface area contributed by atoms with Gasteiger partial charge in [0.25, 0.3) is 5.91 Å². The van der Waals surface area contributed by atoms with E-state index in [1.165, 1.54) is 0 Å². The minimum Gasteiger partial charge on any atom is -0.481 e. The van der Waals surface area contributed by atoms with Crippen LogP contribution in [0, 0.1) is 0 Å². The third-order valence-electron chi connectivity index (χ3n) is 3.17. The lowest BCUT2D eigenvalue weighted by atomic mass is 10.3. The molecule has 0 spiro atoms. The van der Waals surface area contributed by atoms with E-state index in [0.29, 0.717) is 13.0 Å². The van der Waals surface area contributed by atoms with E-state index in [0.717, 1.165) is 31.7 Å². The third kappa shape index (κ3) is 3.91. The average molecular weight is 278 g/mol. The standard InChI is InChI=1S/C13H18N4O3/c18-12(19)4-3-7-14-13(20)10-5-6-11(16-15-10)17-8-1-2-9-17/h5-6H,1-4,7-9H2,(H,14,20)(H,18,19). The van der Waals surface area contributed by atoms with Gasteiger partial charge >= 0.3 is 5.97 Å². The van der Waals surface area contributed by atoms with E-state index in [2.05, 4.69) is 20.4 Å². The highest BCUT2D eigenvalue weighted by atomic mass is 16.4. The van der Waals surface area contributed by atoms with Crippen LogP contribution < -0.4 is 10.2 Å². The molecule has 0 radical (unpaired) electrons. The van der Waals surface area contributed by atoms with Gasteiger partial charge in [-0.15, -0.1) is 10.2 Å². The molecule has 2 N–H and O–H groups in total. The number of hydrogen-bond donors (Lipinski definition) is 2. The summed E-state index contributed by atoms with van der Waals surface area (Å²) in [5.41, 5.74) is 0.253. The summed E-state index contributed by atoms with van der Waals surface area (Å²) in [6.45, 7) is 2.28. The molecule has 1 saturated heterocycles. The molecule has 20 heavy (non-hydrogen) atoms. The van der Waals surface area contributed by atoms with E-state index in [9.17, 15) is 9.59 Å². The van der Waals surface area contributed by atoms with Crippen molar-refractivity contribution in [2.24, 2.45) is 0 Å². The van der Waals surface area contributed by atoms with Crippen LogP contribution in [0.1, 0.15) is 36.2 Å². The SMILES string of the molecule is O=C(O)CCCNC(=O)c1ccc(N2CCCC2)nn1. The van der Waals surface area contributed by atoms with Crippen molar-refractivity contribution < 1.29 is 14.7 Å². The second-order valence-electron chi connectivity index (χ2n) is 4.72. The van der Waals surface area contributed by atoms with Crippen molar-refractivity contribution in [3.05, 3.63) is 17.8 Å². The quantitative estimate of drug-likeness (QED) is 0.743. The number of anilines is 1. The van der Waals surface area contributed by atoms with Gasteiger partial charge in [0.15, 0.2) is 11.5 Å². The van der Waals surface area contributed by atoms with Crippen molar-refractivity contribution in [2.45, 2.75) is 25.7 Å². The molecule has 7 nitrogen and oxygen atoms in total. The number of carboxylic acid groups (broad SMARTS) is 1. The molecule has 1 aromatic rings. The average Bonchev–Trinajstić information content (AvgIpc) is 2.97. The van der Waals surface area contributed by atoms with E-state index in [4.69, 9.17) is 5.11 Å². The molecule has 0 unspecified atom stereocenters. The van der Waals surface area contributed by atoms with E-state index in [1.54, 1.807) is 12.1 Å². The molecule has 1 aromatic heterocycles. The zero-order valence-electron chi connectivity index (χ0n) is 11.2. The van der Waals surface area contributed by atoms with Crippen LogP contribution in [0.5, 0.6) is 0 Å². The fourth-order valence-electron chi connectivity index (χ4n) is 2.09. The Balaban J connectivity index is 1.82. The molecule has 1 amide bonds. The van der Waals surface area contributed by atoms with Gasteiger partial charge in [0, 0.05) is 26.1 Å². The number of amides is 1. The molecule has 2 heterocycles. The Kier molecular flexibility index (Phi) is 4.86. The van der Waals surface area contributed by atoms with Gasteiger partial charge in [-0.1, -0.05) is 0 Å². The maximum absolute atomic E-state index is 11.7. The first-order valence-corrected chi connectivity index (χ1v) is 6.75. The zero-order valence-corrected chi connectivity index (χ0v) is 11.2. The van der Waals surface area contributed by atoms with Gasteiger partial charge in [0.05, 0.1) is 0 Å². The monoisotopic (exact) mass is 278 g/mol. The zero-order chi connectivity index (χ0) is 14.4. The van der Waals surface area contributed by atoms with Crippen LogP contribution in [0.2, 0.25) is 0 Å². The lowest BCUT2D eigenvalue weighted by Gasteiger charge is -2.15. The minimum absolute atomic E-state index is 0.0415. The minimum atomic E-state index is -0.867. The summed E-state index contributed by atoms with van der Waals surface area (Å²) in [7, 11) is 0. The Bertz CT molecular complexity index is 469. The molecule has 0 aliphatic carbocycles. The molecule has 2 rings (SSSR count). The Morgan fingerprint density at radius 3 is 2.60 bits per heavy atom. The van der Waals surface area contributed by atoms with E-state index in [1.807, 2.05) is 0 Å². The number of aliphatic carboxylic acids is 1. The molecular formula is C13H18N4O3. The number of nitrogens with one attached hydrogen (secondary N) is 1. The van der Waals surface area contributed by atoms with Gasteiger partial charge in [-0.25, -0.2) is 0 Å². The maximum Gasteiger partial charge on any atom is 0.303 e. The summed E-state index contributed by atoms with van der Waals surface area (Å²) in [5.74, 6) is -0.394. The topological polar surface area (TPSA) is 95.4 Å². The second kappa shape index (κ2) is 6.83. The smallest absolute Gasteiger partial charge is 0.303 e. The summed E-state index contributed by atoms with van der Waals surface area (Å²) in [5, 5.41) is 19.1. The van der Waals surface area contributed by atoms with Gasteiger partial charge in [0.1, 0.15) is 0 Å². The first-order valence-electron chi connectivity index (χ1n) is 6.75. The number of carbonyl (C=O) groups excluding carboxylic acids is 1. The van der Waals surface area contributed by atoms with Crippen LogP contribution in [0.15, 0.2) is 12.1 Å². The summed E-state index contributed by atoms with van der Waals surface area (Å²) in [6.07, 6.45) is 2.77. The number of aromatic nitrogens is 2. The number of rotatable bonds is 6. The van der Waals surface area contributed by atoms with Crippen LogP contribution in [-0.2, 0) is 4.79 Å². The number of carbonyl (C=O) groups is 2. The molecule has 1 aliphatic heterocycles. The van der Waals surface area contributed by atoms with Crippen molar-refractivity contribution >= 4 is 17.7 Å². The second-order valence-corrected chi connectivity index (χ2v) is 4.72. The molecule has 0 aromatic carbocycles. The fourth-order valence-corrected chi connectivity index (χ4v) is 2.09. The van der Waals surface area contributed by atoms with E-state index in [-0.39, 0.29) is 18.0 Å². The van der Waals surface area contributed by atoms with E-state index >= 15 is 0 Å². The largest absolute Gasteiger partial charge is 0.481 e.